The van der Waals surface area contributed by atoms with E-state index in [9.17, 15) is 14.7 Å². The Labute approximate surface area is 129 Å². The smallest absolute Gasteiger partial charge is 0.332 e. The van der Waals surface area contributed by atoms with Gasteiger partial charge in [0.15, 0.2) is 5.54 Å². The number of hydrogen-bond donors (Lipinski definition) is 1. The molecule has 0 saturated carbocycles. The van der Waals surface area contributed by atoms with Crippen LogP contribution in [0, 0.1) is 0 Å². The van der Waals surface area contributed by atoms with Gasteiger partial charge in [0.1, 0.15) is 0 Å². The summed E-state index contributed by atoms with van der Waals surface area (Å²) in [6.45, 7) is 0.491. The number of methoxy groups -OCH3 is 1. The van der Waals surface area contributed by atoms with Gasteiger partial charge >= 0.3 is 5.97 Å². The van der Waals surface area contributed by atoms with Gasteiger partial charge in [0.05, 0.1) is 6.61 Å². The van der Waals surface area contributed by atoms with Gasteiger partial charge in [-0.2, -0.15) is 0 Å². The zero-order chi connectivity index (χ0) is 15.7. The lowest BCUT2D eigenvalue weighted by atomic mass is 9.96. The van der Waals surface area contributed by atoms with Crippen molar-refractivity contribution in [2.24, 2.45) is 0 Å². The van der Waals surface area contributed by atoms with E-state index in [1.165, 1.54) is 23.1 Å². The maximum absolute atomic E-state index is 12.8. The highest BCUT2D eigenvalue weighted by atomic mass is 16.5. The minimum absolute atomic E-state index is 0.0268. The number of fused-ring (bicyclic) bond motifs is 1. The average molecular weight is 303 g/mol. The molecule has 1 saturated heterocycles. The highest BCUT2D eigenvalue weighted by molar-refractivity contribution is 5.98. The molecule has 0 aromatic heterocycles. The van der Waals surface area contributed by atoms with E-state index in [0.717, 1.165) is 19.3 Å². The van der Waals surface area contributed by atoms with Crippen LogP contribution < -0.4 is 0 Å². The van der Waals surface area contributed by atoms with Crippen molar-refractivity contribution in [1.29, 1.82) is 0 Å². The molecule has 5 heteroatoms. The Morgan fingerprint density at radius 2 is 2.05 bits per heavy atom. The van der Waals surface area contributed by atoms with Gasteiger partial charge in [0, 0.05) is 19.2 Å². The number of likely N-dealkylation sites (tertiary alicyclic amines) is 1. The first-order valence-corrected chi connectivity index (χ1v) is 7.74. The van der Waals surface area contributed by atoms with Crippen LogP contribution >= 0.6 is 0 Å². The summed E-state index contributed by atoms with van der Waals surface area (Å²) < 4.78 is 5.11. The molecule has 118 valence electrons. The molecule has 0 bridgehead atoms. The first kappa shape index (κ1) is 15.0. The van der Waals surface area contributed by atoms with Crippen molar-refractivity contribution < 1.29 is 19.4 Å². The summed E-state index contributed by atoms with van der Waals surface area (Å²) in [5.74, 6) is -1.19. The van der Waals surface area contributed by atoms with E-state index in [0.29, 0.717) is 24.9 Å². The Kier molecular flexibility index (Phi) is 3.91. The molecule has 1 heterocycles. The van der Waals surface area contributed by atoms with Crippen LogP contribution in [-0.4, -0.2) is 47.7 Å². The van der Waals surface area contributed by atoms with E-state index in [2.05, 4.69) is 0 Å². The van der Waals surface area contributed by atoms with E-state index in [-0.39, 0.29) is 12.5 Å². The van der Waals surface area contributed by atoms with Gasteiger partial charge in [0.25, 0.3) is 5.91 Å². The molecule has 1 aliphatic carbocycles. The molecule has 0 radical (unpaired) electrons. The number of carboxylic acids is 1. The zero-order valence-corrected chi connectivity index (χ0v) is 12.8. The number of aryl methyl sites for hydroxylation is 2. The third kappa shape index (κ3) is 2.29. The topological polar surface area (TPSA) is 66.8 Å². The van der Waals surface area contributed by atoms with Gasteiger partial charge in [0.2, 0.25) is 0 Å². The second-order valence-electron chi connectivity index (χ2n) is 6.17. The van der Waals surface area contributed by atoms with Gasteiger partial charge < -0.3 is 14.7 Å². The minimum Gasteiger partial charge on any atom is -0.479 e. The van der Waals surface area contributed by atoms with Gasteiger partial charge in [-0.3, -0.25) is 4.79 Å². The number of benzene rings is 1. The fraction of sp³-hybridized carbons (Fsp3) is 0.529. The summed E-state index contributed by atoms with van der Waals surface area (Å²) >= 11 is 0. The van der Waals surface area contributed by atoms with Crippen molar-refractivity contribution in [2.45, 2.75) is 37.6 Å². The van der Waals surface area contributed by atoms with E-state index in [1.807, 2.05) is 18.2 Å². The summed E-state index contributed by atoms with van der Waals surface area (Å²) in [5, 5.41) is 9.64. The Bertz CT molecular complexity index is 613. The molecule has 22 heavy (non-hydrogen) atoms. The van der Waals surface area contributed by atoms with Gasteiger partial charge in [-0.1, -0.05) is 6.07 Å². The molecule has 1 atom stereocenters. The molecule has 0 spiro atoms. The lowest BCUT2D eigenvalue weighted by Gasteiger charge is -2.34. The summed E-state index contributed by atoms with van der Waals surface area (Å²) in [7, 11) is 1.47. The van der Waals surface area contributed by atoms with E-state index < -0.39 is 11.5 Å². The van der Waals surface area contributed by atoms with Crippen LogP contribution in [0.2, 0.25) is 0 Å². The molecule has 3 rings (SSSR count). The summed E-state index contributed by atoms with van der Waals surface area (Å²) in [4.78, 5) is 26.1. The number of aliphatic carboxylic acids is 1. The second kappa shape index (κ2) is 5.72. The van der Waals surface area contributed by atoms with Crippen LogP contribution in [-0.2, 0) is 22.4 Å². The molecule has 1 aromatic rings. The molecule has 1 unspecified atom stereocenters. The normalized spacial score (nSPS) is 23.6. The van der Waals surface area contributed by atoms with Crippen LogP contribution in [0.4, 0.5) is 0 Å². The molecular formula is C17H21NO4. The number of ether oxygens (including phenoxy) is 1. The number of carbonyl (C=O) groups excluding carboxylic acids is 1. The lowest BCUT2D eigenvalue weighted by molar-refractivity contribution is -0.151. The van der Waals surface area contributed by atoms with Gasteiger partial charge in [-0.25, -0.2) is 4.79 Å². The molecule has 2 aliphatic rings. The van der Waals surface area contributed by atoms with Crippen LogP contribution in [0.5, 0.6) is 0 Å². The summed E-state index contributed by atoms with van der Waals surface area (Å²) in [5.41, 5.74) is 1.88. The van der Waals surface area contributed by atoms with Crippen LogP contribution in [0.3, 0.4) is 0 Å². The van der Waals surface area contributed by atoms with Crippen molar-refractivity contribution in [3.05, 3.63) is 34.9 Å². The Balaban J connectivity index is 1.91. The first-order chi connectivity index (χ1) is 10.6. The highest BCUT2D eigenvalue weighted by Crippen LogP contribution is 2.32. The van der Waals surface area contributed by atoms with Crippen LogP contribution in [0.15, 0.2) is 18.2 Å². The van der Waals surface area contributed by atoms with E-state index >= 15 is 0 Å². The highest BCUT2D eigenvalue weighted by Gasteiger charge is 2.50. The number of amides is 1. The number of carboxylic acid groups (broad SMARTS) is 1. The van der Waals surface area contributed by atoms with E-state index in [1.54, 1.807) is 0 Å². The Morgan fingerprint density at radius 3 is 2.77 bits per heavy atom. The summed E-state index contributed by atoms with van der Waals surface area (Å²) in [6.07, 6.45) is 4.31. The number of hydrogen-bond acceptors (Lipinski definition) is 3. The molecule has 1 aliphatic heterocycles. The Morgan fingerprint density at radius 1 is 1.27 bits per heavy atom. The largest absolute Gasteiger partial charge is 0.479 e. The van der Waals surface area contributed by atoms with Gasteiger partial charge in [-0.15, -0.1) is 0 Å². The molecule has 1 fully saturated rings. The second-order valence-corrected chi connectivity index (χ2v) is 6.17. The Hall–Kier alpha value is -1.88. The fourth-order valence-corrected chi connectivity index (χ4v) is 3.71. The zero-order valence-electron chi connectivity index (χ0n) is 12.8. The molecule has 1 aromatic carbocycles. The molecule has 1 amide bonds. The maximum atomic E-state index is 12.8. The van der Waals surface area contributed by atoms with Crippen molar-refractivity contribution in [2.75, 3.05) is 20.3 Å². The van der Waals surface area contributed by atoms with Crippen molar-refractivity contribution in [1.82, 2.24) is 4.90 Å². The predicted octanol–water partition coefficient (Wildman–Crippen LogP) is 1.88. The minimum atomic E-state index is -1.23. The SMILES string of the molecule is COCC1(C(=O)O)CCCN1C(=O)c1ccc2c(c1)CCC2. The lowest BCUT2D eigenvalue weighted by Crippen LogP contribution is -2.56. The van der Waals surface area contributed by atoms with Crippen LogP contribution in [0.1, 0.15) is 40.7 Å². The standard InChI is InChI=1S/C17H21NO4/c1-22-11-17(16(20)21)8-3-9-18(17)15(19)14-7-6-12-4-2-5-13(12)10-14/h6-7,10H,2-5,8-9,11H2,1H3,(H,20,21). The van der Waals surface area contributed by atoms with Crippen LogP contribution in [0.25, 0.3) is 0 Å². The molecular weight excluding hydrogens is 282 g/mol. The number of nitrogens with zero attached hydrogens (tertiary/aromatic N) is 1. The first-order valence-electron chi connectivity index (χ1n) is 7.74. The third-order valence-electron chi connectivity index (χ3n) is 4.86. The molecule has 1 N–H and O–H groups in total. The number of rotatable bonds is 4. The number of carbonyl (C=O) groups is 2. The van der Waals surface area contributed by atoms with E-state index in [4.69, 9.17) is 4.74 Å². The van der Waals surface area contributed by atoms with Crippen molar-refractivity contribution in [3.8, 4) is 0 Å². The molecule has 5 nitrogen and oxygen atoms in total. The fourth-order valence-electron chi connectivity index (χ4n) is 3.71. The monoisotopic (exact) mass is 303 g/mol. The average Bonchev–Trinajstić information content (AvgIpc) is 3.13. The quantitative estimate of drug-likeness (QED) is 0.922. The van der Waals surface area contributed by atoms with Gasteiger partial charge in [-0.05, 0) is 55.4 Å². The predicted molar refractivity (Wildman–Crippen MR) is 81.0 cm³/mol. The maximum Gasteiger partial charge on any atom is 0.332 e. The third-order valence-corrected chi connectivity index (χ3v) is 4.86. The van der Waals surface area contributed by atoms with Crippen molar-refractivity contribution >= 4 is 11.9 Å². The summed E-state index contributed by atoms with van der Waals surface area (Å²) in [6, 6.07) is 5.76. The van der Waals surface area contributed by atoms with Crippen molar-refractivity contribution in [3.63, 3.8) is 0 Å².